The van der Waals surface area contributed by atoms with Gasteiger partial charge in [0.1, 0.15) is 66.9 Å². The molecule has 0 unspecified atom stereocenters. The molecule has 2 aliphatic heterocycles. The molecule has 0 bridgehead atoms. The van der Waals surface area contributed by atoms with Gasteiger partial charge in [-0.2, -0.15) is 0 Å². The molecule has 2 heterocycles. The van der Waals surface area contributed by atoms with Crippen LogP contribution in [-0.2, 0) is 39.9 Å². The molecule has 16 nitrogen and oxygen atoms in total. The fraction of sp³-hybridized carbons (Fsp3) is 0.667. The first-order valence-corrected chi connectivity index (χ1v) is 20.2. The predicted molar refractivity (Wildman–Crippen MR) is 209 cm³/mol. The molecule has 1 aromatic rings. The van der Waals surface area contributed by atoms with Crippen molar-refractivity contribution in [1.29, 1.82) is 0 Å². The third-order valence-electron chi connectivity index (χ3n) is 10.5. The van der Waals surface area contributed by atoms with Gasteiger partial charge in [0.05, 0.1) is 19.3 Å². The van der Waals surface area contributed by atoms with Gasteiger partial charge in [-0.15, -0.1) is 0 Å². The lowest BCUT2D eigenvalue weighted by Gasteiger charge is -2.47. The number of carbonyl (C=O) groups excluding carboxylic acids is 2. The molecule has 0 saturated carbocycles. The van der Waals surface area contributed by atoms with Crippen LogP contribution in [0.3, 0.4) is 0 Å². The largest absolute Gasteiger partial charge is 0.508 e. The van der Waals surface area contributed by atoms with Crippen molar-refractivity contribution < 1.29 is 79.2 Å². The molecule has 0 aliphatic carbocycles. The Bertz CT molecular complexity index is 1500. The number of unbranched alkanes of at least 4 members (excludes halogenated alkanes) is 2. The molecule has 9 N–H and O–H groups in total. The summed E-state index contributed by atoms with van der Waals surface area (Å²) in [4.78, 5) is 25.4. The number of phenols is 2. The quantitative estimate of drug-likeness (QED) is 0.0267. The normalized spacial score (nSPS) is 29.5. The van der Waals surface area contributed by atoms with E-state index in [1.54, 1.807) is 6.08 Å². The van der Waals surface area contributed by atoms with Crippen LogP contribution in [0.2, 0.25) is 0 Å². The molecular formula is C42H64O16. The lowest BCUT2D eigenvalue weighted by molar-refractivity contribution is -0.343. The third-order valence-corrected chi connectivity index (χ3v) is 10.5. The van der Waals surface area contributed by atoms with Crippen LogP contribution in [0, 0.1) is 11.8 Å². The molecule has 2 fully saturated rings. The van der Waals surface area contributed by atoms with E-state index in [1.165, 1.54) is 12.2 Å². The van der Waals surface area contributed by atoms with E-state index in [2.05, 4.69) is 26.0 Å². The molecule has 0 amide bonds. The number of aliphatic hydroxyl groups is 7. The molecule has 58 heavy (non-hydrogen) atoms. The SMILES string of the molecule is CCCCC(=O)OC[C@@H]1O[C@@H](O[C@@H]2[C@H](OC(=O)/C=C/C=C/C[C@H](O)[C@H](C)CCC/C=C/[C@@H](C)CC)[C@@H](O)[C@@H](c3c(O)cc(O)cc3CO)O[C@@H]2CO)[C@H](O)[C@H](O)[C@H]1O. The second kappa shape index (κ2) is 24.6. The fourth-order valence-corrected chi connectivity index (χ4v) is 6.69. The Morgan fingerprint density at radius 1 is 0.897 bits per heavy atom. The van der Waals surface area contributed by atoms with Gasteiger partial charge in [0.25, 0.3) is 0 Å². The number of esters is 2. The van der Waals surface area contributed by atoms with Gasteiger partial charge in [-0.3, -0.25) is 4.79 Å². The number of hydrogen-bond donors (Lipinski definition) is 9. The van der Waals surface area contributed by atoms with Crippen molar-refractivity contribution in [2.45, 2.75) is 153 Å². The number of carbonyl (C=O) groups is 2. The van der Waals surface area contributed by atoms with E-state index in [0.29, 0.717) is 18.8 Å². The zero-order valence-corrected chi connectivity index (χ0v) is 33.8. The number of aromatic hydroxyl groups is 2. The van der Waals surface area contributed by atoms with Gasteiger partial charge in [-0.25, -0.2) is 4.79 Å². The molecule has 328 valence electrons. The lowest BCUT2D eigenvalue weighted by Crippen LogP contribution is -2.64. The summed E-state index contributed by atoms with van der Waals surface area (Å²) in [5.74, 6) is -2.00. The second-order valence-corrected chi connectivity index (χ2v) is 15.1. The van der Waals surface area contributed by atoms with Crippen molar-refractivity contribution in [2.24, 2.45) is 11.8 Å². The van der Waals surface area contributed by atoms with Crippen molar-refractivity contribution in [2.75, 3.05) is 13.2 Å². The minimum Gasteiger partial charge on any atom is -0.508 e. The Labute approximate surface area is 340 Å². The van der Waals surface area contributed by atoms with E-state index in [9.17, 15) is 55.5 Å². The second-order valence-electron chi connectivity index (χ2n) is 15.1. The molecule has 2 saturated heterocycles. The number of ether oxygens (including phenoxy) is 5. The summed E-state index contributed by atoms with van der Waals surface area (Å²) in [5.41, 5.74) is -0.237. The molecule has 0 spiro atoms. The van der Waals surface area contributed by atoms with E-state index < -0.39 is 111 Å². The van der Waals surface area contributed by atoms with Crippen LogP contribution in [0.25, 0.3) is 0 Å². The highest BCUT2D eigenvalue weighted by Gasteiger charge is 2.53. The molecule has 2 aliphatic rings. The minimum atomic E-state index is -1.93. The van der Waals surface area contributed by atoms with Crippen molar-refractivity contribution in [3.63, 3.8) is 0 Å². The molecule has 13 atom stereocenters. The Morgan fingerprint density at radius 3 is 2.31 bits per heavy atom. The van der Waals surface area contributed by atoms with E-state index in [0.717, 1.165) is 50.3 Å². The van der Waals surface area contributed by atoms with Crippen LogP contribution in [0.15, 0.2) is 48.6 Å². The molecule has 3 rings (SSSR count). The van der Waals surface area contributed by atoms with Crippen LogP contribution in [0.5, 0.6) is 11.5 Å². The molecular weight excluding hydrogens is 760 g/mol. The number of benzene rings is 1. The van der Waals surface area contributed by atoms with Gasteiger partial charge in [0, 0.05) is 24.1 Å². The van der Waals surface area contributed by atoms with Crippen LogP contribution >= 0.6 is 0 Å². The van der Waals surface area contributed by atoms with Crippen LogP contribution in [-0.4, -0.2) is 132 Å². The maximum Gasteiger partial charge on any atom is 0.331 e. The van der Waals surface area contributed by atoms with Gasteiger partial charge < -0.3 is 69.6 Å². The first-order chi connectivity index (χ1) is 27.7. The Balaban J connectivity index is 1.80. The lowest BCUT2D eigenvalue weighted by atomic mass is 9.88. The van der Waals surface area contributed by atoms with Crippen molar-refractivity contribution in [3.05, 3.63) is 59.7 Å². The molecule has 0 aromatic heterocycles. The van der Waals surface area contributed by atoms with E-state index in [4.69, 9.17) is 23.7 Å². The monoisotopic (exact) mass is 824 g/mol. The third kappa shape index (κ3) is 14.1. The number of aliphatic hydroxyl groups excluding tert-OH is 7. The van der Waals surface area contributed by atoms with Gasteiger partial charge in [-0.1, -0.05) is 70.9 Å². The summed E-state index contributed by atoms with van der Waals surface area (Å²) in [6.07, 6.45) is -2.17. The van der Waals surface area contributed by atoms with Gasteiger partial charge >= 0.3 is 11.9 Å². The fourth-order valence-electron chi connectivity index (χ4n) is 6.69. The van der Waals surface area contributed by atoms with E-state index >= 15 is 0 Å². The van der Waals surface area contributed by atoms with Gasteiger partial charge in [-0.05, 0) is 55.6 Å². The number of hydrogen-bond acceptors (Lipinski definition) is 16. The summed E-state index contributed by atoms with van der Waals surface area (Å²) in [5, 5.41) is 95.7. The zero-order valence-electron chi connectivity index (χ0n) is 33.8. The Morgan fingerprint density at radius 2 is 1.64 bits per heavy atom. The van der Waals surface area contributed by atoms with Crippen LogP contribution in [0.1, 0.15) is 96.3 Å². The highest BCUT2D eigenvalue weighted by atomic mass is 16.7. The number of rotatable bonds is 22. The summed E-state index contributed by atoms with van der Waals surface area (Å²) in [6.45, 7) is 6.07. The maximum absolute atomic E-state index is 13.2. The molecule has 1 aromatic carbocycles. The number of allylic oxidation sites excluding steroid dienone is 4. The summed E-state index contributed by atoms with van der Waals surface area (Å²) >= 11 is 0. The minimum absolute atomic E-state index is 0.0430. The van der Waals surface area contributed by atoms with E-state index in [-0.39, 0.29) is 23.5 Å². The van der Waals surface area contributed by atoms with Gasteiger partial charge in [0.2, 0.25) is 0 Å². The predicted octanol–water partition coefficient (Wildman–Crippen LogP) is 2.49. The highest BCUT2D eigenvalue weighted by Crippen LogP contribution is 2.42. The average Bonchev–Trinajstić information content (AvgIpc) is 3.20. The van der Waals surface area contributed by atoms with Crippen molar-refractivity contribution in [3.8, 4) is 11.5 Å². The highest BCUT2D eigenvalue weighted by molar-refractivity contribution is 5.82. The summed E-state index contributed by atoms with van der Waals surface area (Å²) in [6, 6.07) is 2.06. The van der Waals surface area contributed by atoms with Gasteiger partial charge in [0.15, 0.2) is 12.4 Å². The van der Waals surface area contributed by atoms with Crippen LogP contribution < -0.4 is 0 Å². The Kier molecular flexibility index (Phi) is 20.8. The first kappa shape index (κ1) is 48.9. The maximum atomic E-state index is 13.2. The number of phenolic OH excluding ortho intramolecular Hbond substituents is 2. The zero-order chi connectivity index (χ0) is 42.9. The van der Waals surface area contributed by atoms with Crippen molar-refractivity contribution in [1.82, 2.24) is 0 Å². The van der Waals surface area contributed by atoms with Crippen LogP contribution in [0.4, 0.5) is 0 Å². The Hall–Kier alpha value is -3.42. The summed E-state index contributed by atoms with van der Waals surface area (Å²) in [7, 11) is 0. The van der Waals surface area contributed by atoms with Crippen molar-refractivity contribution >= 4 is 11.9 Å². The smallest absolute Gasteiger partial charge is 0.331 e. The first-order valence-electron chi connectivity index (χ1n) is 20.2. The molecule has 0 radical (unpaired) electrons. The topological polar surface area (TPSA) is 262 Å². The molecule has 16 heteroatoms. The average molecular weight is 825 g/mol. The summed E-state index contributed by atoms with van der Waals surface area (Å²) < 4.78 is 28.5. The standard InChI is InChI=1S/C42H64O16/c1-5-7-17-32(48)54-23-31-35(50)36(51)37(52)42(56-31)58-39-30(22-44)55-40(34-26(21-43)19-27(45)20-29(34)47)38(53)41(39)57-33(49)18-13-9-12-16-28(46)25(4)15-11-8-10-14-24(3)6-2/h9-10,12-14,18-20,24-25,28,30-31,35-47,50-53H,5-8,11,15-17,21-23H2,1-4H3/b12-9+,14-10+,18-13+/t24-,25+,28-,30+,31-,35-,36+,37+,38-,39-,40+,41+,42-/m0/s1. The van der Waals surface area contributed by atoms with E-state index in [1.807, 2.05) is 13.8 Å².